The van der Waals surface area contributed by atoms with Gasteiger partial charge in [-0.15, -0.1) is 0 Å². The molecule has 2 heterocycles. The number of nitrogens with two attached hydrogens (primary N) is 1. The van der Waals surface area contributed by atoms with E-state index in [0.29, 0.717) is 54.9 Å². The third-order valence-corrected chi connectivity index (χ3v) is 8.94. The van der Waals surface area contributed by atoms with Gasteiger partial charge in [-0.3, -0.25) is 19.7 Å². The van der Waals surface area contributed by atoms with Gasteiger partial charge in [-0.1, -0.05) is 59.6 Å². The Morgan fingerprint density at radius 2 is 1.10 bits per heavy atom. The molecular weight excluding hydrogens is 713 g/mol. The van der Waals surface area contributed by atoms with Crippen molar-refractivity contribution in [3.8, 4) is 22.3 Å². The van der Waals surface area contributed by atoms with Gasteiger partial charge in [0.2, 0.25) is 0 Å². The number of hydrogen-bond donors (Lipinski definition) is 1. The predicted octanol–water partition coefficient (Wildman–Crippen LogP) is 8.40. The van der Waals surface area contributed by atoms with Crippen molar-refractivity contribution in [2.75, 3.05) is 18.8 Å². The third kappa shape index (κ3) is 7.81. The minimum absolute atomic E-state index is 0.00666. The Kier molecular flexibility index (Phi) is 10.4. The van der Waals surface area contributed by atoms with Crippen LogP contribution in [0.25, 0.3) is 22.3 Å². The third-order valence-electron chi connectivity index (χ3n) is 8.28. The summed E-state index contributed by atoms with van der Waals surface area (Å²) in [7, 11) is 0. The van der Waals surface area contributed by atoms with Crippen LogP contribution in [0.2, 0.25) is 10.0 Å². The Morgan fingerprint density at radius 1 is 0.680 bits per heavy atom. The largest absolute Gasteiger partial charge is 0.471 e. The second-order valence-corrected chi connectivity index (χ2v) is 12.3. The molecule has 0 aliphatic carbocycles. The highest BCUT2D eigenvalue weighted by Crippen LogP contribution is 2.39. The van der Waals surface area contributed by atoms with Gasteiger partial charge in [0.05, 0.1) is 4.92 Å². The predicted molar refractivity (Wildman–Crippen MR) is 175 cm³/mol. The number of benzene rings is 4. The lowest BCUT2D eigenvalue weighted by atomic mass is 9.90. The standard InChI is InChI=1S/C17H12ClF3N2O3.C17H14ClF3N2O/c18-15-4-2-1-3-13(15)14-8-11(23(25)26)7-10-9-22(6-5-12(10)14)16(24)17(19,20)21;18-15-4-2-1-3-13(15)14-8-11(22)7-10-9-23(6-5-12(10)14)16(24)17(19,20)21/h1-4,7-8H,5-6,9H2;1-4,7-8H,5-6,9,22H2. The molecule has 50 heavy (non-hydrogen) atoms. The van der Waals surface area contributed by atoms with E-state index in [-0.39, 0.29) is 38.3 Å². The molecule has 0 fully saturated rings. The first-order valence-electron chi connectivity index (χ1n) is 14.9. The minimum Gasteiger partial charge on any atom is -0.399 e. The number of nitro groups is 1. The molecule has 262 valence electrons. The number of fused-ring (bicyclic) bond motifs is 2. The number of halogens is 8. The molecule has 2 aliphatic rings. The maximum absolute atomic E-state index is 12.7. The molecule has 0 saturated heterocycles. The van der Waals surface area contributed by atoms with E-state index in [1.807, 2.05) is 12.1 Å². The van der Waals surface area contributed by atoms with E-state index in [1.54, 1.807) is 48.5 Å². The van der Waals surface area contributed by atoms with Gasteiger partial charge >= 0.3 is 24.2 Å². The van der Waals surface area contributed by atoms with Crippen LogP contribution < -0.4 is 5.73 Å². The topological polar surface area (TPSA) is 110 Å². The Labute approximate surface area is 291 Å². The molecule has 0 aromatic heterocycles. The summed E-state index contributed by atoms with van der Waals surface area (Å²) in [5.74, 6) is -3.77. The van der Waals surface area contributed by atoms with Gasteiger partial charge in [-0.25, -0.2) is 0 Å². The number of nitrogen functional groups attached to an aromatic ring is 1. The summed E-state index contributed by atoms with van der Waals surface area (Å²) in [5.41, 5.74) is 11.2. The fraction of sp³-hybridized carbons (Fsp3) is 0.235. The van der Waals surface area contributed by atoms with E-state index in [2.05, 4.69) is 0 Å². The molecule has 16 heteroatoms. The Bertz CT molecular complexity index is 1990. The van der Waals surface area contributed by atoms with Gasteiger partial charge in [-0.2, -0.15) is 26.3 Å². The van der Waals surface area contributed by atoms with E-state index in [1.165, 1.54) is 12.1 Å². The lowest BCUT2D eigenvalue weighted by molar-refractivity contribution is -0.384. The van der Waals surface area contributed by atoms with Crippen LogP contribution in [0.3, 0.4) is 0 Å². The number of rotatable bonds is 3. The maximum atomic E-state index is 12.7. The number of amides is 2. The van der Waals surface area contributed by atoms with Gasteiger partial charge in [0.25, 0.3) is 5.69 Å². The summed E-state index contributed by atoms with van der Waals surface area (Å²) in [6, 6.07) is 19.9. The van der Waals surface area contributed by atoms with Crippen LogP contribution in [-0.2, 0) is 35.5 Å². The van der Waals surface area contributed by atoms with E-state index < -0.39 is 29.1 Å². The van der Waals surface area contributed by atoms with Gasteiger partial charge in [0, 0.05) is 65.2 Å². The molecule has 2 amide bonds. The van der Waals surface area contributed by atoms with Gasteiger partial charge in [-0.05, 0) is 70.5 Å². The van der Waals surface area contributed by atoms with Crippen LogP contribution in [0, 0.1) is 10.1 Å². The molecule has 0 bridgehead atoms. The molecule has 4 aromatic rings. The average Bonchev–Trinajstić information content (AvgIpc) is 3.06. The van der Waals surface area contributed by atoms with Gasteiger partial charge in [0.15, 0.2) is 0 Å². The summed E-state index contributed by atoms with van der Waals surface area (Å²) in [4.78, 5) is 35.1. The van der Waals surface area contributed by atoms with E-state index >= 15 is 0 Å². The zero-order valence-corrected chi connectivity index (χ0v) is 27.3. The number of nitro benzene ring substituents is 1. The molecule has 4 aromatic carbocycles. The highest BCUT2D eigenvalue weighted by molar-refractivity contribution is 6.33. The van der Waals surface area contributed by atoms with Crippen LogP contribution in [0.15, 0.2) is 72.8 Å². The highest BCUT2D eigenvalue weighted by Gasteiger charge is 2.44. The number of carbonyl (C=O) groups excluding carboxylic acids is 2. The molecule has 0 spiro atoms. The second-order valence-electron chi connectivity index (χ2n) is 11.5. The van der Waals surface area contributed by atoms with Crippen molar-refractivity contribution in [2.24, 2.45) is 0 Å². The first kappa shape index (κ1) is 36.5. The van der Waals surface area contributed by atoms with Crippen LogP contribution in [-0.4, -0.2) is 52.0 Å². The fourth-order valence-corrected chi connectivity index (χ4v) is 6.53. The Hall–Kier alpha value is -4.82. The molecule has 8 nitrogen and oxygen atoms in total. The average molecular weight is 740 g/mol. The van der Waals surface area contributed by atoms with Crippen molar-refractivity contribution in [3.63, 3.8) is 0 Å². The monoisotopic (exact) mass is 738 g/mol. The number of alkyl halides is 6. The number of carbonyl (C=O) groups is 2. The fourth-order valence-electron chi connectivity index (χ4n) is 6.06. The first-order chi connectivity index (χ1) is 23.5. The minimum atomic E-state index is -4.98. The molecule has 0 radical (unpaired) electrons. The lowest BCUT2D eigenvalue weighted by Gasteiger charge is -2.31. The molecule has 0 unspecified atom stereocenters. The quantitative estimate of drug-likeness (QED) is 0.0983. The summed E-state index contributed by atoms with van der Waals surface area (Å²) in [6.45, 7) is -0.573. The Balaban J connectivity index is 0.000000195. The van der Waals surface area contributed by atoms with Crippen molar-refractivity contribution in [1.82, 2.24) is 9.80 Å². The summed E-state index contributed by atoms with van der Waals surface area (Å²) in [6.07, 6.45) is -9.39. The summed E-state index contributed by atoms with van der Waals surface area (Å²) >= 11 is 12.4. The number of hydrogen-bond acceptors (Lipinski definition) is 5. The second kappa shape index (κ2) is 14.2. The number of non-ortho nitro benzene ring substituents is 1. The number of nitrogens with zero attached hydrogens (tertiary/aromatic N) is 3. The van der Waals surface area contributed by atoms with Crippen molar-refractivity contribution < 1.29 is 40.9 Å². The van der Waals surface area contributed by atoms with Crippen LogP contribution in [0.1, 0.15) is 22.3 Å². The summed E-state index contributed by atoms with van der Waals surface area (Å²) < 4.78 is 76.1. The zero-order chi connectivity index (χ0) is 36.5. The van der Waals surface area contributed by atoms with Crippen LogP contribution >= 0.6 is 23.2 Å². The van der Waals surface area contributed by atoms with Gasteiger partial charge in [0.1, 0.15) is 0 Å². The SMILES string of the molecule is Nc1cc2c(c(-c3ccccc3Cl)c1)CCN(C(=O)C(F)(F)F)C2.O=C(N1CCc2c(cc([N+](=O)[O-])cc2-c2ccccc2Cl)C1)C(F)(F)F. The molecular formula is C34H26Cl2F6N4O4. The van der Waals surface area contributed by atoms with Gasteiger partial charge < -0.3 is 15.5 Å². The maximum Gasteiger partial charge on any atom is 0.471 e. The molecule has 2 N–H and O–H groups in total. The Morgan fingerprint density at radius 3 is 1.52 bits per heavy atom. The van der Waals surface area contributed by atoms with E-state index in [4.69, 9.17) is 28.9 Å². The highest BCUT2D eigenvalue weighted by atomic mass is 35.5. The molecule has 2 aliphatic heterocycles. The van der Waals surface area contributed by atoms with Crippen molar-refractivity contribution >= 4 is 46.4 Å². The summed E-state index contributed by atoms with van der Waals surface area (Å²) in [5, 5.41) is 12.2. The molecule has 0 atom stereocenters. The van der Waals surface area contributed by atoms with Crippen molar-refractivity contribution in [2.45, 2.75) is 38.3 Å². The smallest absolute Gasteiger partial charge is 0.399 e. The zero-order valence-electron chi connectivity index (χ0n) is 25.7. The van der Waals surface area contributed by atoms with Crippen LogP contribution in [0.4, 0.5) is 37.7 Å². The lowest BCUT2D eigenvalue weighted by Crippen LogP contribution is -2.43. The van der Waals surface area contributed by atoms with Crippen molar-refractivity contribution in [1.29, 1.82) is 0 Å². The number of anilines is 1. The molecule has 6 rings (SSSR count). The molecule has 0 saturated carbocycles. The first-order valence-corrected chi connectivity index (χ1v) is 15.6. The van der Waals surface area contributed by atoms with E-state index in [0.717, 1.165) is 21.6 Å². The van der Waals surface area contributed by atoms with E-state index in [9.17, 15) is 46.0 Å². The van der Waals surface area contributed by atoms with Crippen molar-refractivity contribution in [3.05, 3.63) is 115 Å². The normalized spacial score (nSPS) is 14.2. The van der Waals surface area contributed by atoms with Crippen LogP contribution in [0.5, 0.6) is 0 Å².